The lowest BCUT2D eigenvalue weighted by molar-refractivity contribution is -0.116. The first-order valence-electron chi connectivity index (χ1n) is 5.76. The normalized spacial score (nSPS) is 16.9. The molecular weight excluding hydrogens is 250 g/mol. The van der Waals surface area contributed by atoms with Gasteiger partial charge < -0.3 is 10.6 Å². The predicted molar refractivity (Wildman–Crippen MR) is 67.8 cm³/mol. The summed E-state index contributed by atoms with van der Waals surface area (Å²) in [6, 6.07) is 9.63. The molecule has 3 nitrogen and oxygen atoms in total. The Labute approximate surface area is 108 Å². The van der Waals surface area contributed by atoms with Crippen molar-refractivity contribution in [3.63, 3.8) is 0 Å². The molecule has 1 heterocycles. The molecule has 1 aliphatic heterocycles. The number of carbonyl (C=O) groups is 1. The van der Waals surface area contributed by atoms with Gasteiger partial charge in [0, 0.05) is 23.0 Å². The van der Waals surface area contributed by atoms with Crippen LogP contribution in [0.1, 0.15) is 11.6 Å². The van der Waals surface area contributed by atoms with Gasteiger partial charge in [-0.05, 0) is 18.2 Å². The van der Waals surface area contributed by atoms with Crippen molar-refractivity contribution in [2.24, 2.45) is 0 Å². The van der Waals surface area contributed by atoms with Crippen molar-refractivity contribution in [1.29, 1.82) is 0 Å². The minimum absolute atomic E-state index is 0.231. The van der Waals surface area contributed by atoms with Crippen LogP contribution in [0.25, 0.3) is 0 Å². The van der Waals surface area contributed by atoms with Crippen molar-refractivity contribution in [3.05, 3.63) is 59.7 Å². The maximum Gasteiger partial charge on any atom is 0.251 e. The topological polar surface area (TPSA) is 41.1 Å². The van der Waals surface area contributed by atoms with Crippen molar-refractivity contribution in [2.45, 2.75) is 6.04 Å². The van der Waals surface area contributed by atoms with Crippen molar-refractivity contribution < 1.29 is 13.6 Å². The highest BCUT2D eigenvalue weighted by atomic mass is 19.1. The van der Waals surface area contributed by atoms with Crippen LogP contribution in [-0.2, 0) is 4.79 Å². The maximum absolute atomic E-state index is 13.1. The number of benzene rings is 2. The smallest absolute Gasteiger partial charge is 0.251 e. The Bertz CT molecular complexity index is 637. The Morgan fingerprint density at radius 1 is 1.05 bits per heavy atom. The van der Waals surface area contributed by atoms with Crippen LogP contribution in [0.4, 0.5) is 20.2 Å². The fourth-order valence-corrected chi connectivity index (χ4v) is 2.16. The van der Waals surface area contributed by atoms with Crippen LogP contribution >= 0.6 is 0 Å². The fourth-order valence-electron chi connectivity index (χ4n) is 2.16. The monoisotopic (exact) mass is 260 g/mol. The molecule has 0 radical (unpaired) electrons. The molecule has 1 atom stereocenters. The number of para-hydroxylation sites is 1. The molecule has 0 bridgehead atoms. The summed E-state index contributed by atoms with van der Waals surface area (Å²) in [5.41, 5.74) is 1.70. The maximum atomic E-state index is 13.1. The molecule has 0 aromatic heterocycles. The number of hydrogen-bond acceptors (Lipinski definition) is 2. The first kappa shape index (κ1) is 11.6. The minimum Gasteiger partial charge on any atom is -0.370 e. The van der Waals surface area contributed by atoms with E-state index in [-0.39, 0.29) is 11.6 Å². The molecule has 3 rings (SSSR count). The van der Waals surface area contributed by atoms with Gasteiger partial charge in [0.15, 0.2) is 0 Å². The number of fused-ring (bicyclic) bond motifs is 1. The largest absolute Gasteiger partial charge is 0.370 e. The average molecular weight is 260 g/mol. The summed E-state index contributed by atoms with van der Waals surface area (Å²) in [6.45, 7) is 0. The molecule has 96 valence electrons. The van der Waals surface area contributed by atoms with Gasteiger partial charge in [0.05, 0.1) is 0 Å². The highest BCUT2D eigenvalue weighted by Crippen LogP contribution is 2.33. The summed E-state index contributed by atoms with van der Waals surface area (Å²) >= 11 is 0. The van der Waals surface area contributed by atoms with E-state index < -0.39 is 17.7 Å². The van der Waals surface area contributed by atoms with E-state index in [4.69, 9.17) is 0 Å². The van der Waals surface area contributed by atoms with Crippen LogP contribution in [0.15, 0.2) is 42.5 Å². The van der Waals surface area contributed by atoms with Gasteiger partial charge in [-0.3, -0.25) is 4.79 Å². The standard InChI is InChI=1S/C14H10F2N2O/c15-8-5-9(16)7-10(6-8)17-13-11-3-1-2-4-12(11)18-14(13)19/h1-7,13,17H,(H,18,19). The van der Waals surface area contributed by atoms with E-state index in [9.17, 15) is 13.6 Å². The fraction of sp³-hybridized carbons (Fsp3) is 0.0714. The van der Waals surface area contributed by atoms with Crippen molar-refractivity contribution >= 4 is 17.3 Å². The number of anilines is 2. The van der Waals surface area contributed by atoms with Crippen LogP contribution in [0.5, 0.6) is 0 Å². The molecule has 1 amide bonds. The molecular formula is C14H10F2N2O. The number of hydrogen-bond donors (Lipinski definition) is 2. The zero-order valence-corrected chi connectivity index (χ0v) is 9.78. The lowest BCUT2D eigenvalue weighted by Crippen LogP contribution is -2.19. The third-order valence-electron chi connectivity index (χ3n) is 2.97. The molecule has 1 aliphatic rings. The summed E-state index contributed by atoms with van der Waals surface area (Å²) in [4.78, 5) is 11.8. The molecule has 0 spiro atoms. The third kappa shape index (κ3) is 2.14. The van der Waals surface area contributed by atoms with Crippen LogP contribution in [-0.4, -0.2) is 5.91 Å². The molecule has 19 heavy (non-hydrogen) atoms. The van der Waals surface area contributed by atoms with E-state index in [0.717, 1.165) is 23.8 Å². The highest BCUT2D eigenvalue weighted by molar-refractivity contribution is 6.04. The van der Waals surface area contributed by atoms with Crippen molar-refractivity contribution in [3.8, 4) is 0 Å². The summed E-state index contributed by atoms with van der Waals surface area (Å²) in [5, 5.41) is 5.54. The molecule has 0 saturated carbocycles. The molecule has 0 fully saturated rings. The minimum atomic E-state index is -0.686. The Morgan fingerprint density at radius 2 is 1.74 bits per heavy atom. The average Bonchev–Trinajstić information content (AvgIpc) is 2.65. The molecule has 1 unspecified atom stereocenters. The lowest BCUT2D eigenvalue weighted by atomic mass is 10.1. The van der Waals surface area contributed by atoms with Gasteiger partial charge in [-0.25, -0.2) is 8.78 Å². The number of halogens is 2. The second kappa shape index (κ2) is 4.35. The second-order valence-electron chi connectivity index (χ2n) is 4.31. The van der Waals surface area contributed by atoms with Gasteiger partial charge in [-0.15, -0.1) is 0 Å². The summed E-state index contributed by atoms with van der Waals surface area (Å²) in [5.74, 6) is -1.62. The number of amides is 1. The lowest BCUT2D eigenvalue weighted by Gasteiger charge is -2.13. The van der Waals surface area contributed by atoms with Crippen molar-refractivity contribution in [1.82, 2.24) is 0 Å². The van der Waals surface area contributed by atoms with Gasteiger partial charge in [0.25, 0.3) is 5.91 Å². The van der Waals surface area contributed by atoms with E-state index in [1.165, 1.54) is 0 Å². The Kier molecular flexibility index (Phi) is 2.67. The van der Waals surface area contributed by atoms with Gasteiger partial charge in [0.2, 0.25) is 0 Å². The molecule has 2 N–H and O–H groups in total. The quantitative estimate of drug-likeness (QED) is 0.871. The van der Waals surface area contributed by atoms with E-state index >= 15 is 0 Å². The molecule has 0 saturated heterocycles. The number of nitrogens with one attached hydrogen (secondary N) is 2. The van der Waals surface area contributed by atoms with Crippen LogP contribution < -0.4 is 10.6 Å². The molecule has 5 heteroatoms. The van der Waals surface area contributed by atoms with E-state index in [1.54, 1.807) is 18.2 Å². The zero-order valence-electron chi connectivity index (χ0n) is 9.78. The number of rotatable bonds is 2. The Morgan fingerprint density at radius 3 is 2.47 bits per heavy atom. The van der Waals surface area contributed by atoms with Crippen LogP contribution in [0, 0.1) is 11.6 Å². The van der Waals surface area contributed by atoms with Crippen LogP contribution in [0.3, 0.4) is 0 Å². The Balaban J connectivity index is 1.93. The SMILES string of the molecule is O=C1Nc2ccccc2C1Nc1cc(F)cc(F)c1. The summed E-state index contributed by atoms with van der Waals surface area (Å²) in [7, 11) is 0. The van der Waals surface area contributed by atoms with Gasteiger partial charge in [-0.2, -0.15) is 0 Å². The van der Waals surface area contributed by atoms with Crippen molar-refractivity contribution in [2.75, 3.05) is 10.6 Å². The zero-order chi connectivity index (χ0) is 13.4. The van der Waals surface area contributed by atoms with E-state index in [2.05, 4.69) is 10.6 Å². The summed E-state index contributed by atoms with van der Waals surface area (Å²) < 4.78 is 26.2. The van der Waals surface area contributed by atoms with Gasteiger partial charge in [-0.1, -0.05) is 18.2 Å². The van der Waals surface area contributed by atoms with E-state index in [1.807, 2.05) is 6.07 Å². The summed E-state index contributed by atoms with van der Waals surface area (Å²) in [6.07, 6.45) is 0. The van der Waals surface area contributed by atoms with Crippen LogP contribution in [0.2, 0.25) is 0 Å². The molecule has 0 aliphatic carbocycles. The molecule has 2 aromatic carbocycles. The highest BCUT2D eigenvalue weighted by Gasteiger charge is 2.30. The second-order valence-corrected chi connectivity index (χ2v) is 4.31. The van der Waals surface area contributed by atoms with Gasteiger partial charge in [0.1, 0.15) is 17.7 Å². The van der Waals surface area contributed by atoms with E-state index in [0.29, 0.717) is 5.69 Å². The molecule has 2 aromatic rings. The Hall–Kier alpha value is -2.43. The third-order valence-corrected chi connectivity index (χ3v) is 2.97. The number of carbonyl (C=O) groups excluding carboxylic acids is 1. The van der Waals surface area contributed by atoms with Gasteiger partial charge >= 0.3 is 0 Å². The predicted octanol–water partition coefficient (Wildman–Crippen LogP) is 3.07. The first-order valence-corrected chi connectivity index (χ1v) is 5.76. The first-order chi connectivity index (χ1) is 9.13.